The fraction of sp³-hybridized carbons (Fsp3) is 0.389. The number of carbonyl (C=O) groups is 2. The van der Waals surface area contributed by atoms with Crippen LogP contribution >= 0.6 is 11.8 Å². The standard InChI is InChI=1S/C18H19F3N6O3S/c1-11(30-16(22)29)10-31-13-2-3-23-14(6-13)27-5-4-26(9-15(27)28)17-24-7-12(8-25-17)18(19,20)21/h2-3,6-8,11H,4-5,9-10H2,1H3,(H2,22,29)/t11-/m0/s1. The number of thioether (sulfide) groups is 1. The molecule has 13 heteroatoms. The summed E-state index contributed by atoms with van der Waals surface area (Å²) in [6, 6.07) is 3.51. The maximum Gasteiger partial charge on any atom is 0.419 e. The van der Waals surface area contributed by atoms with E-state index < -0.39 is 17.8 Å². The van der Waals surface area contributed by atoms with E-state index in [9.17, 15) is 22.8 Å². The van der Waals surface area contributed by atoms with Gasteiger partial charge in [0.15, 0.2) is 0 Å². The zero-order valence-corrected chi connectivity index (χ0v) is 17.2. The minimum atomic E-state index is -4.52. The largest absolute Gasteiger partial charge is 0.446 e. The number of rotatable bonds is 6. The number of piperazine rings is 1. The van der Waals surface area contributed by atoms with E-state index in [1.165, 1.54) is 21.6 Å². The first-order chi connectivity index (χ1) is 14.6. The number of nitrogens with two attached hydrogens (primary N) is 1. The molecule has 3 heterocycles. The van der Waals surface area contributed by atoms with Gasteiger partial charge in [-0.1, -0.05) is 0 Å². The van der Waals surface area contributed by atoms with Crippen LogP contribution in [0.5, 0.6) is 0 Å². The van der Waals surface area contributed by atoms with E-state index in [2.05, 4.69) is 15.0 Å². The Morgan fingerprint density at radius 1 is 1.29 bits per heavy atom. The third-order valence-corrected chi connectivity index (χ3v) is 5.49. The summed E-state index contributed by atoms with van der Waals surface area (Å²) in [5.41, 5.74) is 4.04. The van der Waals surface area contributed by atoms with Crippen LogP contribution in [0.15, 0.2) is 35.6 Å². The van der Waals surface area contributed by atoms with E-state index in [0.29, 0.717) is 30.5 Å². The van der Waals surface area contributed by atoms with Crippen molar-refractivity contribution in [1.29, 1.82) is 0 Å². The number of hydrogen-bond acceptors (Lipinski definition) is 8. The van der Waals surface area contributed by atoms with Crippen LogP contribution in [0.2, 0.25) is 0 Å². The highest BCUT2D eigenvalue weighted by Gasteiger charge is 2.32. The number of carbonyl (C=O) groups excluding carboxylic acids is 2. The number of anilines is 2. The number of ether oxygens (including phenoxy) is 1. The Morgan fingerprint density at radius 2 is 2.00 bits per heavy atom. The normalized spacial score (nSPS) is 15.7. The number of aromatic nitrogens is 3. The predicted molar refractivity (Wildman–Crippen MR) is 107 cm³/mol. The van der Waals surface area contributed by atoms with Crippen molar-refractivity contribution in [3.63, 3.8) is 0 Å². The summed E-state index contributed by atoms with van der Waals surface area (Å²) in [7, 11) is 0. The molecule has 1 aliphatic rings. The van der Waals surface area contributed by atoms with Crippen molar-refractivity contribution in [3.05, 3.63) is 36.3 Å². The van der Waals surface area contributed by atoms with Crippen molar-refractivity contribution in [2.75, 3.05) is 35.2 Å². The van der Waals surface area contributed by atoms with E-state index in [-0.39, 0.29) is 31.0 Å². The molecule has 1 aliphatic heterocycles. The number of halogens is 3. The summed E-state index contributed by atoms with van der Waals surface area (Å²) >= 11 is 1.42. The third kappa shape index (κ3) is 5.96. The van der Waals surface area contributed by atoms with E-state index in [1.807, 2.05) is 0 Å². The molecule has 0 radical (unpaired) electrons. The fourth-order valence-electron chi connectivity index (χ4n) is 2.80. The minimum absolute atomic E-state index is 0.0571. The van der Waals surface area contributed by atoms with Gasteiger partial charge in [-0.25, -0.2) is 19.7 Å². The van der Waals surface area contributed by atoms with Crippen LogP contribution in [0.25, 0.3) is 0 Å². The molecule has 1 fully saturated rings. The Balaban J connectivity index is 1.62. The van der Waals surface area contributed by atoms with Gasteiger partial charge in [0.25, 0.3) is 0 Å². The molecule has 0 aromatic carbocycles. The van der Waals surface area contributed by atoms with Gasteiger partial charge in [-0.05, 0) is 19.1 Å². The molecule has 1 atom stereocenters. The molecule has 31 heavy (non-hydrogen) atoms. The van der Waals surface area contributed by atoms with Gasteiger partial charge in [0, 0.05) is 42.3 Å². The quantitative estimate of drug-likeness (QED) is 0.659. The van der Waals surface area contributed by atoms with Crippen molar-refractivity contribution in [1.82, 2.24) is 15.0 Å². The van der Waals surface area contributed by atoms with Gasteiger partial charge in [-0.15, -0.1) is 11.8 Å². The highest BCUT2D eigenvalue weighted by molar-refractivity contribution is 7.99. The highest BCUT2D eigenvalue weighted by atomic mass is 32.2. The van der Waals surface area contributed by atoms with Crippen LogP contribution in [-0.4, -0.2) is 58.4 Å². The molecule has 0 aliphatic carbocycles. The molecule has 166 valence electrons. The second-order valence-corrected chi connectivity index (χ2v) is 7.74. The summed E-state index contributed by atoms with van der Waals surface area (Å²) < 4.78 is 42.9. The molecule has 0 spiro atoms. The van der Waals surface area contributed by atoms with Gasteiger partial charge >= 0.3 is 12.3 Å². The lowest BCUT2D eigenvalue weighted by Crippen LogP contribution is -2.51. The Labute approximate surface area is 179 Å². The second-order valence-electron chi connectivity index (χ2n) is 6.64. The maximum atomic E-state index is 12.7. The Bertz CT molecular complexity index is 944. The van der Waals surface area contributed by atoms with Crippen molar-refractivity contribution in [2.45, 2.75) is 24.1 Å². The van der Waals surface area contributed by atoms with Crippen molar-refractivity contribution in [3.8, 4) is 0 Å². The van der Waals surface area contributed by atoms with E-state index >= 15 is 0 Å². The van der Waals surface area contributed by atoms with Gasteiger partial charge in [0.05, 0.1) is 5.56 Å². The summed E-state index contributed by atoms with van der Waals surface area (Å²) in [6.07, 6.45) is -2.78. The van der Waals surface area contributed by atoms with Crippen molar-refractivity contribution >= 4 is 35.5 Å². The third-order valence-electron chi connectivity index (χ3n) is 4.26. The topological polar surface area (TPSA) is 115 Å². The number of nitrogens with zero attached hydrogens (tertiary/aromatic N) is 5. The van der Waals surface area contributed by atoms with Crippen LogP contribution in [-0.2, 0) is 15.7 Å². The smallest absolute Gasteiger partial charge is 0.419 e. The SMILES string of the molecule is C[C@@H](CSc1ccnc(N2CCN(c3ncc(C(F)(F)F)cn3)CC2=O)c1)OC(N)=O. The average molecular weight is 456 g/mol. The first-order valence-corrected chi connectivity index (χ1v) is 10.1. The molecule has 2 amide bonds. The molecule has 9 nitrogen and oxygen atoms in total. The van der Waals surface area contributed by atoms with Gasteiger partial charge in [0.2, 0.25) is 11.9 Å². The molecule has 0 saturated carbocycles. The van der Waals surface area contributed by atoms with Gasteiger partial charge in [-0.2, -0.15) is 13.2 Å². The summed E-state index contributed by atoms with van der Waals surface area (Å²) in [5.74, 6) is 0.697. The average Bonchev–Trinajstić information content (AvgIpc) is 2.71. The zero-order valence-electron chi connectivity index (χ0n) is 16.4. The molecule has 3 rings (SSSR count). The summed E-state index contributed by atoms with van der Waals surface area (Å²) in [5, 5.41) is 0. The molecule has 2 aromatic heterocycles. The number of alkyl halides is 3. The lowest BCUT2D eigenvalue weighted by atomic mass is 10.3. The van der Waals surface area contributed by atoms with Crippen molar-refractivity contribution in [2.24, 2.45) is 5.73 Å². The highest BCUT2D eigenvalue weighted by Crippen LogP contribution is 2.29. The minimum Gasteiger partial charge on any atom is -0.446 e. The number of primary amides is 1. The number of amides is 2. The van der Waals surface area contributed by atoms with Crippen LogP contribution in [0.3, 0.4) is 0 Å². The number of pyridine rings is 1. The molecule has 2 N–H and O–H groups in total. The van der Waals surface area contributed by atoms with Gasteiger partial charge in [0.1, 0.15) is 18.5 Å². The fourth-order valence-corrected chi connectivity index (χ4v) is 3.64. The Hall–Kier alpha value is -3.09. The van der Waals surface area contributed by atoms with Gasteiger partial charge in [-0.3, -0.25) is 9.69 Å². The first-order valence-electron chi connectivity index (χ1n) is 9.13. The Morgan fingerprint density at radius 3 is 2.61 bits per heavy atom. The molecule has 0 bridgehead atoms. The van der Waals surface area contributed by atoms with Crippen molar-refractivity contribution < 1.29 is 27.5 Å². The lowest BCUT2D eigenvalue weighted by molar-refractivity contribution is -0.138. The Kier molecular flexibility index (Phi) is 6.83. The summed E-state index contributed by atoms with van der Waals surface area (Å²) in [4.78, 5) is 39.0. The summed E-state index contributed by atoms with van der Waals surface area (Å²) in [6.45, 7) is 2.23. The van der Waals surface area contributed by atoms with Crippen LogP contribution in [0, 0.1) is 0 Å². The molecule has 1 saturated heterocycles. The van der Waals surface area contributed by atoms with Gasteiger partial charge < -0.3 is 15.4 Å². The van der Waals surface area contributed by atoms with Crippen LogP contribution in [0.4, 0.5) is 29.7 Å². The molecule has 2 aromatic rings. The number of hydrogen-bond donors (Lipinski definition) is 1. The predicted octanol–water partition coefficient (Wildman–Crippen LogP) is 2.32. The molecular formula is C18H19F3N6O3S. The second kappa shape index (κ2) is 9.37. The van der Waals surface area contributed by atoms with Crippen LogP contribution in [0.1, 0.15) is 12.5 Å². The monoisotopic (exact) mass is 456 g/mol. The maximum absolute atomic E-state index is 12.7. The molecular weight excluding hydrogens is 437 g/mol. The zero-order chi connectivity index (χ0) is 22.6. The van der Waals surface area contributed by atoms with E-state index in [4.69, 9.17) is 10.5 Å². The first kappa shape index (κ1) is 22.6. The van der Waals surface area contributed by atoms with Crippen LogP contribution < -0.4 is 15.5 Å². The van der Waals surface area contributed by atoms with E-state index in [1.54, 1.807) is 25.3 Å². The molecule has 0 unspecified atom stereocenters. The lowest BCUT2D eigenvalue weighted by Gasteiger charge is -2.33. The van der Waals surface area contributed by atoms with E-state index in [0.717, 1.165) is 4.90 Å².